The Bertz CT molecular complexity index is 562. The van der Waals surface area contributed by atoms with E-state index < -0.39 is 23.2 Å². The van der Waals surface area contributed by atoms with Crippen molar-refractivity contribution in [1.29, 1.82) is 0 Å². The molecule has 5 nitrogen and oxygen atoms in total. The van der Waals surface area contributed by atoms with Crippen molar-refractivity contribution in [3.05, 3.63) is 35.4 Å². The second-order valence-corrected chi connectivity index (χ2v) is 6.35. The molecule has 114 valence electrons. The highest BCUT2D eigenvalue weighted by molar-refractivity contribution is 5.86. The van der Waals surface area contributed by atoms with Crippen LogP contribution in [0.3, 0.4) is 0 Å². The molecule has 1 aromatic rings. The number of hydrogen-bond acceptors (Lipinski definition) is 3. The minimum Gasteiger partial charge on any atom is -0.479 e. The molecule has 2 N–H and O–H groups in total. The molecule has 5 heteroatoms. The SMILES string of the molecule is CC(C)(C)OC(=O)N[C@]1(C(=O)O)CCCc2ccccc21. The number of carbonyl (C=O) groups excluding carboxylic acids is 1. The maximum Gasteiger partial charge on any atom is 0.408 e. The van der Waals surface area contributed by atoms with E-state index in [0.717, 1.165) is 12.0 Å². The van der Waals surface area contributed by atoms with Crippen LogP contribution in [-0.4, -0.2) is 22.8 Å². The van der Waals surface area contributed by atoms with Gasteiger partial charge in [-0.3, -0.25) is 0 Å². The fraction of sp³-hybridized carbons (Fsp3) is 0.500. The van der Waals surface area contributed by atoms with E-state index >= 15 is 0 Å². The summed E-state index contributed by atoms with van der Waals surface area (Å²) < 4.78 is 5.22. The number of alkyl carbamates (subject to hydrolysis) is 1. The zero-order valence-electron chi connectivity index (χ0n) is 12.6. The molecule has 0 radical (unpaired) electrons. The first-order valence-corrected chi connectivity index (χ1v) is 7.07. The number of amides is 1. The third kappa shape index (κ3) is 3.17. The van der Waals surface area contributed by atoms with Crippen LogP contribution in [0.4, 0.5) is 4.79 Å². The van der Waals surface area contributed by atoms with Crippen molar-refractivity contribution in [1.82, 2.24) is 5.32 Å². The summed E-state index contributed by atoms with van der Waals surface area (Å²) >= 11 is 0. The van der Waals surface area contributed by atoms with Gasteiger partial charge in [0, 0.05) is 0 Å². The van der Waals surface area contributed by atoms with Crippen LogP contribution in [0.2, 0.25) is 0 Å². The molecule has 0 aliphatic heterocycles. The third-order valence-corrected chi connectivity index (χ3v) is 3.55. The summed E-state index contributed by atoms with van der Waals surface area (Å²) in [7, 11) is 0. The Kier molecular flexibility index (Phi) is 3.94. The standard InChI is InChI=1S/C16H21NO4/c1-15(2,3)21-14(20)17-16(13(18)19)10-6-8-11-7-4-5-9-12(11)16/h4-5,7,9H,6,8,10H2,1-3H3,(H,17,20)(H,18,19)/t16-/m1/s1. The number of carboxylic acids is 1. The van der Waals surface area contributed by atoms with Gasteiger partial charge in [-0.15, -0.1) is 0 Å². The number of rotatable bonds is 2. The lowest BCUT2D eigenvalue weighted by atomic mass is 9.76. The summed E-state index contributed by atoms with van der Waals surface area (Å²) in [6.45, 7) is 5.23. The van der Waals surface area contributed by atoms with Crippen molar-refractivity contribution in [2.24, 2.45) is 0 Å². The van der Waals surface area contributed by atoms with E-state index in [9.17, 15) is 14.7 Å². The largest absolute Gasteiger partial charge is 0.479 e. The number of ether oxygens (including phenoxy) is 1. The number of fused-ring (bicyclic) bond motifs is 1. The van der Waals surface area contributed by atoms with E-state index in [1.54, 1.807) is 32.9 Å². The number of benzene rings is 1. The van der Waals surface area contributed by atoms with Gasteiger partial charge in [-0.1, -0.05) is 24.3 Å². The Balaban J connectivity index is 2.36. The molecule has 1 atom stereocenters. The van der Waals surface area contributed by atoms with Gasteiger partial charge in [0.25, 0.3) is 0 Å². The van der Waals surface area contributed by atoms with E-state index in [1.807, 2.05) is 12.1 Å². The normalized spacial score (nSPS) is 21.3. The predicted octanol–water partition coefficient (Wildman–Crippen LogP) is 2.83. The van der Waals surface area contributed by atoms with Gasteiger partial charge in [-0.2, -0.15) is 0 Å². The molecule has 0 heterocycles. The minimum atomic E-state index is -1.41. The summed E-state index contributed by atoms with van der Waals surface area (Å²) in [5.74, 6) is -1.06. The van der Waals surface area contributed by atoms with Crippen LogP contribution >= 0.6 is 0 Å². The van der Waals surface area contributed by atoms with Crippen molar-refractivity contribution in [2.45, 2.75) is 51.2 Å². The number of aryl methyl sites for hydroxylation is 1. The van der Waals surface area contributed by atoms with Crippen LogP contribution in [0.25, 0.3) is 0 Å². The van der Waals surface area contributed by atoms with Gasteiger partial charge in [-0.25, -0.2) is 9.59 Å². The highest BCUT2D eigenvalue weighted by atomic mass is 16.6. The van der Waals surface area contributed by atoms with Gasteiger partial charge < -0.3 is 15.2 Å². The summed E-state index contributed by atoms with van der Waals surface area (Å²) in [6, 6.07) is 7.34. The molecule has 1 aliphatic rings. The molecule has 1 aromatic carbocycles. The van der Waals surface area contributed by atoms with Crippen molar-refractivity contribution < 1.29 is 19.4 Å². The number of carbonyl (C=O) groups is 2. The molecule has 1 amide bonds. The molecule has 1 aliphatic carbocycles. The molecule has 0 saturated carbocycles. The first-order valence-electron chi connectivity index (χ1n) is 7.07. The Hall–Kier alpha value is -2.04. The number of carboxylic acid groups (broad SMARTS) is 1. The van der Waals surface area contributed by atoms with Crippen molar-refractivity contribution in [3.8, 4) is 0 Å². The lowest BCUT2D eigenvalue weighted by Crippen LogP contribution is -2.54. The number of aliphatic carboxylic acids is 1. The van der Waals surface area contributed by atoms with Gasteiger partial charge in [0.1, 0.15) is 5.60 Å². The molecule has 21 heavy (non-hydrogen) atoms. The van der Waals surface area contributed by atoms with Gasteiger partial charge in [0.2, 0.25) is 0 Å². The van der Waals surface area contributed by atoms with Crippen LogP contribution in [0, 0.1) is 0 Å². The Morgan fingerprint density at radius 1 is 1.29 bits per heavy atom. The van der Waals surface area contributed by atoms with Gasteiger partial charge in [0.15, 0.2) is 5.54 Å². The van der Waals surface area contributed by atoms with Crippen molar-refractivity contribution >= 4 is 12.1 Å². The number of nitrogens with one attached hydrogen (secondary N) is 1. The first kappa shape index (κ1) is 15.4. The quantitative estimate of drug-likeness (QED) is 0.878. The van der Waals surface area contributed by atoms with E-state index in [0.29, 0.717) is 18.4 Å². The van der Waals surface area contributed by atoms with Gasteiger partial charge >= 0.3 is 12.1 Å². The smallest absolute Gasteiger partial charge is 0.408 e. The Morgan fingerprint density at radius 2 is 1.95 bits per heavy atom. The summed E-state index contributed by atoms with van der Waals surface area (Å²) in [5, 5.41) is 12.3. The summed E-state index contributed by atoms with van der Waals surface area (Å²) in [6.07, 6.45) is 1.18. The molecule has 0 saturated heterocycles. The molecule has 0 aromatic heterocycles. The fourth-order valence-corrected chi connectivity index (χ4v) is 2.72. The van der Waals surface area contributed by atoms with E-state index in [2.05, 4.69) is 5.32 Å². The second-order valence-electron chi connectivity index (χ2n) is 6.35. The monoisotopic (exact) mass is 291 g/mol. The van der Waals surface area contributed by atoms with E-state index in [4.69, 9.17) is 4.74 Å². The topological polar surface area (TPSA) is 75.6 Å². The maximum atomic E-state index is 12.0. The number of hydrogen-bond donors (Lipinski definition) is 2. The van der Waals surface area contributed by atoms with Crippen LogP contribution < -0.4 is 5.32 Å². The van der Waals surface area contributed by atoms with Crippen molar-refractivity contribution in [3.63, 3.8) is 0 Å². The van der Waals surface area contributed by atoms with E-state index in [-0.39, 0.29) is 0 Å². The van der Waals surface area contributed by atoms with Crippen molar-refractivity contribution in [2.75, 3.05) is 0 Å². The second kappa shape index (κ2) is 5.39. The third-order valence-electron chi connectivity index (χ3n) is 3.55. The highest BCUT2D eigenvalue weighted by Gasteiger charge is 2.45. The first-order chi connectivity index (χ1) is 9.74. The molecule has 0 spiro atoms. The minimum absolute atomic E-state index is 0.360. The van der Waals surface area contributed by atoms with Crippen LogP contribution in [0.5, 0.6) is 0 Å². The Morgan fingerprint density at radius 3 is 2.57 bits per heavy atom. The zero-order chi connectivity index (χ0) is 15.7. The molecule has 2 rings (SSSR count). The highest BCUT2D eigenvalue weighted by Crippen LogP contribution is 2.35. The molecular weight excluding hydrogens is 270 g/mol. The molecular formula is C16H21NO4. The molecule has 0 bridgehead atoms. The fourth-order valence-electron chi connectivity index (χ4n) is 2.72. The molecule has 0 fully saturated rings. The lowest BCUT2D eigenvalue weighted by molar-refractivity contribution is -0.146. The predicted molar refractivity (Wildman–Crippen MR) is 78.1 cm³/mol. The average Bonchev–Trinajstić information content (AvgIpc) is 2.36. The summed E-state index contributed by atoms with van der Waals surface area (Å²) in [4.78, 5) is 23.9. The van der Waals surface area contributed by atoms with Crippen LogP contribution in [0.15, 0.2) is 24.3 Å². The van der Waals surface area contributed by atoms with Crippen LogP contribution in [-0.2, 0) is 21.5 Å². The molecule has 0 unspecified atom stereocenters. The lowest BCUT2D eigenvalue weighted by Gasteiger charge is -2.36. The summed E-state index contributed by atoms with van der Waals surface area (Å²) in [5.41, 5.74) is -0.466. The average molecular weight is 291 g/mol. The zero-order valence-corrected chi connectivity index (χ0v) is 12.6. The van der Waals surface area contributed by atoms with Gasteiger partial charge in [0.05, 0.1) is 0 Å². The van der Waals surface area contributed by atoms with E-state index in [1.165, 1.54) is 0 Å². The van der Waals surface area contributed by atoms with Crippen LogP contribution in [0.1, 0.15) is 44.7 Å². The Labute approximate surface area is 124 Å². The maximum absolute atomic E-state index is 12.0. The van der Waals surface area contributed by atoms with Gasteiger partial charge in [-0.05, 0) is 51.2 Å².